The van der Waals surface area contributed by atoms with Gasteiger partial charge in [0.05, 0.1) is 28.7 Å². The Morgan fingerprint density at radius 2 is 1.71 bits per heavy atom. The Morgan fingerprint density at radius 1 is 0.980 bits per heavy atom. The van der Waals surface area contributed by atoms with Crippen molar-refractivity contribution in [2.45, 2.75) is 166 Å². The molecule has 0 amide bonds. The third-order valence-corrected chi connectivity index (χ3v) is 16.0. The minimum atomic E-state index is -1.22. The van der Waals surface area contributed by atoms with Crippen LogP contribution < -0.4 is 11.1 Å². The van der Waals surface area contributed by atoms with E-state index in [2.05, 4.69) is 39.1 Å². The Balaban J connectivity index is 1.16. The molecule has 5 aliphatic carbocycles. The normalized spacial score (nSPS) is 43.2. The lowest BCUT2D eigenvalue weighted by molar-refractivity contribution is -0.166. The lowest BCUT2D eigenvalue weighted by atomic mass is 9.42. The summed E-state index contributed by atoms with van der Waals surface area (Å²) in [7, 11) is 0. The summed E-state index contributed by atoms with van der Waals surface area (Å²) in [6.07, 6.45) is 16.8. The molecule has 8 heteroatoms. The second-order valence-corrected chi connectivity index (χ2v) is 18.5. The molecule has 1 saturated heterocycles. The van der Waals surface area contributed by atoms with E-state index in [0.29, 0.717) is 44.0 Å². The van der Waals surface area contributed by atoms with E-state index in [9.17, 15) is 25.2 Å². The van der Waals surface area contributed by atoms with Gasteiger partial charge in [0.25, 0.3) is 0 Å². The van der Waals surface area contributed by atoms with Gasteiger partial charge in [-0.2, -0.15) is 0 Å². The van der Waals surface area contributed by atoms with Gasteiger partial charge in [-0.3, -0.25) is 4.79 Å². The number of fused-ring (bicyclic) bond motifs is 5. The SMILES string of the molecule is CCCC(O)(C1OC1C(C)(O)C(C)(C)CCC1=CCNC(N)=C1)C1CCC2(O)C3=CC(=O)C4CC(O)CCC4(C4CCCC4)C3CCC12C. The second-order valence-electron chi connectivity index (χ2n) is 18.5. The highest BCUT2D eigenvalue weighted by atomic mass is 16.6. The van der Waals surface area contributed by atoms with E-state index in [-0.39, 0.29) is 29.0 Å². The molecule has 7 rings (SSSR count). The topological polar surface area (TPSA) is 149 Å². The maximum Gasteiger partial charge on any atom is 0.159 e. The molecule has 274 valence electrons. The number of allylic oxidation sites excluding steroid dienone is 3. The molecule has 7 N–H and O–H groups in total. The molecular weight excluding hydrogens is 616 g/mol. The molecule has 0 radical (unpaired) electrons. The van der Waals surface area contributed by atoms with E-state index >= 15 is 0 Å². The molecule has 11 unspecified atom stereocenters. The highest BCUT2D eigenvalue weighted by Gasteiger charge is 2.74. The van der Waals surface area contributed by atoms with Gasteiger partial charge in [0.2, 0.25) is 0 Å². The van der Waals surface area contributed by atoms with E-state index in [1.54, 1.807) is 0 Å². The number of nitrogens with two attached hydrogens (primary N) is 1. The van der Waals surface area contributed by atoms with Crippen LogP contribution in [0.15, 0.2) is 35.2 Å². The quantitative estimate of drug-likeness (QED) is 0.164. The molecule has 4 saturated carbocycles. The first-order valence-corrected chi connectivity index (χ1v) is 19.7. The molecule has 2 aliphatic heterocycles. The smallest absolute Gasteiger partial charge is 0.159 e. The molecule has 0 aromatic carbocycles. The summed E-state index contributed by atoms with van der Waals surface area (Å²) in [4.78, 5) is 14.1. The largest absolute Gasteiger partial charge is 0.393 e. The van der Waals surface area contributed by atoms with Gasteiger partial charge < -0.3 is 36.2 Å². The van der Waals surface area contributed by atoms with Crippen LogP contribution >= 0.6 is 0 Å². The number of carbonyl (C=O) groups excluding carboxylic acids is 1. The molecule has 5 fully saturated rings. The summed E-state index contributed by atoms with van der Waals surface area (Å²) < 4.78 is 6.42. The average molecular weight is 681 g/mol. The highest BCUT2D eigenvalue weighted by molar-refractivity contribution is 5.95. The van der Waals surface area contributed by atoms with Crippen LogP contribution in [0.4, 0.5) is 0 Å². The number of aliphatic hydroxyl groups excluding tert-OH is 1. The van der Waals surface area contributed by atoms with Gasteiger partial charge in [0.15, 0.2) is 5.78 Å². The monoisotopic (exact) mass is 680 g/mol. The van der Waals surface area contributed by atoms with Crippen molar-refractivity contribution < 1.29 is 30.0 Å². The Hall–Kier alpha value is -1.71. The van der Waals surface area contributed by atoms with Crippen molar-refractivity contribution in [1.82, 2.24) is 5.32 Å². The first kappa shape index (κ1) is 35.7. The van der Waals surface area contributed by atoms with Gasteiger partial charge in [-0.05, 0) is 136 Å². The maximum absolute atomic E-state index is 14.1. The molecule has 8 nitrogen and oxygen atoms in total. The van der Waals surface area contributed by atoms with E-state index in [4.69, 9.17) is 10.5 Å². The number of hydrogen-bond donors (Lipinski definition) is 6. The highest BCUT2D eigenvalue weighted by Crippen LogP contribution is 2.72. The predicted molar refractivity (Wildman–Crippen MR) is 190 cm³/mol. The van der Waals surface area contributed by atoms with Crippen LogP contribution in [0.2, 0.25) is 0 Å². The van der Waals surface area contributed by atoms with E-state index in [1.165, 1.54) is 12.8 Å². The molecule has 49 heavy (non-hydrogen) atoms. The van der Waals surface area contributed by atoms with Crippen LogP contribution in [-0.4, -0.2) is 67.9 Å². The summed E-state index contributed by atoms with van der Waals surface area (Å²) in [6, 6.07) is 0. The second kappa shape index (κ2) is 12.2. The van der Waals surface area contributed by atoms with Crippen LogP contribution in [0.5, 0.6) is 0 Å². The third-order valence-electron chi connectivity index (χ3n) is 16.0. The number of rotatable bonds is 10. The summed E-state index contributed by atoms with van der Waals surface area (Å²) >= 11 is 0. The van der Waals surface area contributed by atoms with Gasteiger partial charge in [-0.15, -0.1) is 0 Å². The van der Waals surface area contributed by atoms with Crippen LogP contribution in [0.1, 0.15) is 131 Å². The Morgan fingerprint density at radius 3 is 2.41 bits per heavy atom. The average Bonchev–Trinajstić information content (AvgIpc) is 3.59. The Kier molecular flexibility index (Phi) is 8.87. The number of dihydropyridines is 1. The standard InChI is InChI=1S/C41H64N2O6/c1-6-16-40(47,35-34(49-35)38(5,46)36(2,3)17-11-25-15-21-43-33(42)22-25)32-14-20-41(48)29-24-31(45)30-23-27(44)12-19-39(30,26-9-7-8-10-26)28(29)13-18-37(32,41)4/h15,22,24,26-28,30,32,34-35,43-44,46-48H,6-14,16-21,23,42H2,1-5H3. The summed E-state index contributed by atoms with van der Waals surface area (Å²) in [5, 5.41) is 52.0. The fourth-order valence-electron chi connectivity index (χ4n) is 12.8. The molecule has 0 aromatic rings. The fraction of sp³-hybridized carbons (Fsp3) is 0.829. The summed E-state index contributed by atoms with van der Waals surface area (Å²) in [6.45, 7) is 11.0. The van der Waals surface area contributed by atoms with E-state index in [1.807, 2.05) is 19.1 Å². The fourth-order valence-corrected chi connectivity index (χ4v) is 12.8. The van der Waals surface area contributed by atoms with Crippen LogP contribution in [0.25, 0.3) is 0 Å². The number of ether oxygens (including phenoxy) is 1. The summed E-state index contributed by atoms with van der Waals surface area (Å²) in [5.41, 5.74) is 3.16. The van der Waals surface area contributed by atoms with Crippen LogP contribution in [0.3, 0.4) is 0 Å². The zero-order valence-corrected chi connectivity index (χ0v) is 30.8. The van der Waals surface area contributed by atoms with Crippen LogP contribution in [0, 0.1) is 39.9 Å². The number of carbonyl (C=O) groups is 1. The van der Waals surface area contributed by atoms with Crippen molar-refractivity contribution in [3.8, 4) is 0 Å². The Labute approximate surface area is 294 Å². The molecular formula is C41H64N2O6. The number of epoxide rings is 1. The van der Waals surface area contributed by atoms with Gasteiger partial charge in [-0.1, -0.05) is 53.0 Å². The molecule has 0 aromatic heterocycles. The Bertz CT molecular complexity index is 1410. The van der Waals surface area contributed by atoms with Gasteiger partial charge >= 0.3 is 0 Å². The van der Waals surface area contributed by atoms with Crippen molar-refractivity contribution >= 4 is 5.78 Å². The molecule has 0 bridgehead atoms. The first-order chi connectivity index (χ1) is 23.0. The van der Waals surface area contributed by atoms with Crippen molar-refractivity contribution in [3.63, 3.8) is 0 Å². The molecule has 2 heterocycles. The minimum Gasteiger partial charge on any atom is -0.393 e. The van der Waals surface area contributed by atoms with Gasteiger partial charge in [0, 0.05) is 17.9 Å². The zero-order valence-electron chi connectivity index (χ0n) is 30.8. The summed E-state index contributed by atoms with van der Waals surface area (Å²) in [5.74, 6) is 0.946. The molecule has 11 atom stereocenters. The molecule has 7 aliphatic rings. The lowest BCUT2D eigenvalue weighted by Crippen LogP contribution is -2.63. The van der Waals surface area contributed by atoms with E-state index in [0.717, 1.165) is 68.9 Å². The van der Waals surface area contributed by atoms with Gasteiger partial charge in [-0.25, -0.2) is 0 Å². The van der Waals surface area contributed by atoms with Crippen molar-refractivity contribution in [3.05, 3.63) is 35.2 Å². The maximum atomic E-state index is 14.1. The van der Waals surface area contributed by atoms with Crippen molar-refractivity contribution in [2.24, 2.45) is 45.7 Å². The number of hydrogen-bond acceptors (Lipinski definition) is 8. The predicted octanol–water partition coefficient (Wildman–Crippen LogP) is 5.58. The minimum absolute atomic E-state index is 0.101. The van der Waals surface area contributed by atoms with Crippen LogP contribution in [-0.2, 0) is 9.53 Å². The van der Waals surface area contributed by atoms with Crippen molar-refractivity contribution in [1.29, 1.82) is 0 Å². The van der Waals surface area contributed by atoms with E-state index < -0.39 is 45.9 Å². The number of nitrogens with one attached hydrogen (secondary N) is 1. The third kappa shape index (κ3) is 5.27. The number of aliphatic hydroxyl groups is 4. The number of ketones is 1. The first-order valence-electron chi connectivity index (χ1n) is 19.7. The van der Waals surface area contributed by atoms with Crippen molar-refractivity contribution in [2.75, 3.05) is 6.54 Å². The lowest BCUT2D eigenvalue weighted by Gasteiger charge is -2.63. The van der Waals surface area contributed by atoms with Gasteiger partial charge in [0.1, 0.15) is 12.2 Å². The zero-order chi connectivity index (χ0) is 35.2. The molecule has 0 spiro atoms.